The van der Waals surface area contributed by atoms with Gasteiger partial charge in [-0.15, -0.1) is 33.4 Å². The molecule has 0 N–H and O–H groups in total. The molecule has 0 bridgehead atoms. The van der Waals surface area contributed by atoms with Gasteiger partial charge in [0.25, 0.3) is 0 Å². The van der Waals surface area contributed by atoms with Crippen LogP contribution in [0.3, 0.4) is 0 Å². The average Bonchev–Trinajstić information content (AvgIpc) is 3.39. The molecule has 32 heavy (non-hydrogen) atoms. The molecule has 0 saturated carbocycles. The Morgan fingerprint density at radius 2 is 1.53 bits per heavy atom. The minimum Gasteiger partial charge on any atom is -0.497 e. The molecule has 0 atom stereocenters. The molecular weight excluding hydrogens is 579 g/mol. The summed E-state index contributed by atoms with van der Waals surface area (Å²) >= 11 is 0. The molecule has 6 rings (SSSR count). The summed E-state index contributed by atoms with van der Waals surface area (Å²) < 4.78 is 10.7. The molecule has 2 aromatic heterocycles. The number of ether oxygens (including phenoxy) is 1. The van der Waals surface area contributed by atoms with Crippen LogP contribution in [0.4, 0.5) is 0 Å². The summed E-state index contributed by atoms with van der Waals surface area (Å²) in [5, 5.41) is 0. The topological polar surface area (TPSA) is 44.9 Å². The van der Waals surface area contributed by atoms with Gasteiger partial charge in [-0.1, -0.05) is 38.1 Å². The van der Waals surface area contributed by atoms with Crippen LogP contribution >= 0.6 is 0 Å². The van der Waals surface area contributed by atoms with Crippen LogP contribution in [0.25, 0.3) is 22.8 Å². The molecular formula is C26H24N4OPt. The fraction of sp³-hybridized carbons (Fsp3) is 0.308. The van der Waals surface area contributed by atoms with Crippen molar-refractivity contribution in [1.82, 2.24) is 19.1 Å². The van der Waals surface area contributed by atoms with Crippen molar-refractivity contribution in [3.63, 3.8) is 0 Å². The van der Waals surface area contributed by atoms with Gasteiger partial charge in [0.05, 0.1) is 11.6 Å². The number of aromatic nitrogens is 4. The van der Waals surface area contributed by atoms with Gasteiger partial charge in [-0.25, -0.2) is 0 Å². The molecule has 0 saturated heterocycles. The van der Waals surface area contributed by atoms with E-state index in [9.17, 15) is 0 Å². The fourth-order valence-corrected chi connectivity index (χ4v) is 5.04. The van der Waals surface area contributed by atoms with Crippen LogP contribution in [0.15, 0.2) is 36.9 Å². The number of fused-ring (bicyclic) bond motifs is 6. The maximum absolute atomic E-state index is 6.32. The Bertz CT molecular complexity index is 1350. The summed E-state index contributed by atoms with van der Waals surface area (Å²) in [6, 6.07) is 11.1. The van der Waals surface area contributed by atoms with E-state index in [1.807, 2.05) is 18.6 Å². The first-order valence-electron chi connectivity index (χ1n) is 10.8. The molecule has 0 spiro atoms. The van der Waals surface area contributed by atoms with Crippen LogP contribution in [0.1, 0.15) is 36.1 Å². The first-order valence-corrected chi connectivity index (χ1v) is 10.8. The molecule has 4 aromatic rings. The number of nitrogens with zero attached hydrogens (tertiary/aromatic N) is 4. The zero-order valence-corrected chi connectivity index (χ0v) is 20.9. The molecule has 2 aliphatic rings. The van der Waals surface area contributed by atoms with Crippen LogP contribution in [-0.4, -0.2) is 19.1 Å². The van der Waals surface area contributed by atoms with E-state index in [4.69, 9.17) is 4.74 Å². The minimum atomic E-state index is -0.00882. The van der Waals surface area contributed by atoms with E-state index in [-0.39, 0.29) is 26.6 Å². The number of hydrogen-bond donors (Lipinski definition) is 0. The summed E-state index contributed by atoms with van der Waals surface area (Å²) in [6.45, 7) is 9.74. The Kier molecular flexibility index (Phi) is 4.94. The maximum Gasteiger partial charge on any atom is 2.00 e. The third-order valence-corrected chi connectivity index (χ3v) is 6.63. The summed E-state index contributed by atoms with van der Waals surface area (Å²) in [5.41, 5.74) is 7.08. The second-order valence-corrected chi connectivity index (χ2v) is 9.25. The third-order valence-electron chi connectivity index (χ3n) is 6.63. The van der Waals surface area contributed by atoms with Gasteiger partial charge < -0.3 is 13.9 Å². The Morgan fingerprint density at radius 1 is 0.906 bits per heavy atom. The summed E-state index contributed by atoms with van der Waals surface area (Å²) in [6.07, 6.45) is 9.73. The van der Waals surface area contributed by atoms with Crippen molar-refractivity contribution in [2.24, 2.45) is 0 Å². The number of aryl methyl sites for hydroxylation is 3. The SMILES string of the molecule is Cc1cc(Oc2[c-]c3c(c(C)c2)CC(C)(C)n2ccnc2-3)[c-]c2c1CCn1ccnc1-2.[Pt+2]. The van der Waals surface area contributed by atoms with E-state index in [0.29, 0.717) is 11.5 Å². The molecule has 2 aromatic carbocycles. The summed E-state index contributed by atoms with van der Waals surface area (Å²) in [4.78, 5) is 9.18. The normalized spacial score (nSPS) is 15.1. The molecule has 0 fully saturated rings. The monoisotopic (exact) mass is 603 g/mol. The van der Waals surface area contributed by atoms with Crippen LogP contribution < -0.4 is 4.74 Å². The van der Waals surface area contributed by atoms with Crippen molar-refractivity contribution < 1.29 is 25.8 Å². The Morgan fingerprint density at radius 3 is 2.28 bits per heavy atom. The van der Waals surface area contributed by atoms with Crippen molar-refractivity contribution in [2.45, 2.75) is 52.6 Å². The fourth-order valence-electron chi connectivity index (χ4n) is 5.04. The summed E-state index contributed by atoms with van der Waals surface area (Å²) in [7, 11) is 0. The molecule has 164 valence electrons. The van der Waals surface area contributed by atoms with E-state index < -0.39 is 0 Å². The van der Waals surface area contributed by atoms with E-state index in [1.54, 1.807) is 0 Å². The van der Waals surface area contributed by atoms with Crippen LogP contribution in [-0.2, 0) is 46.0 Å². The third kappa shape index (κ3) is 3.17. The largest absolute Gasteiger partial charge is 2.00 e. The first kappa shape index (κ1) is 21.2. The van der Waals surface area contributed by atoms with Crippen molar-refractivity contribution in [2.75, 3.05) is 0 Å². The average molecular weight is 604 g/mol. The van der Waals surface area contributed by atoms with Crippen LogP contribution in [0.5, 0.6) is 11.5 Å². The van der Waals surface area contributed by atoms with Gasteiger partial charge in [0.15, 0.2) is 0 Å². The van der Waals surface area contributed by atoms with E-state index in [2.05, 4.69) is 77.3 Å². The number of rotatable bonds is 2. The molecule has 6 heteroatoms. The first-order chi connectivity index (χ1) is 14.9. The Balaban J connectivity index is 0.00000216. The molecule has 2 aliphatic heterocycles. The quantitative estimate of drug-likeness (QED) is 0.294. The molecule has 0 unspecified atom stereocenters. The zero-order chi connectivity index (χ0) is 21.3. The second-order valence-electron chi connectivity index (χ2n) is 9.25. The van der Waals surface area contributed by atoms with Crippen LogP contribution in [0, 0.1) is 26.0 Å². The Labute approximate surface area is 202 Å². The minimum absolute atomic E-state index is 0. The van der Waals surface area contributed by atoms with Crippen molar-refractivity contribution in [1.29, 1.82) is 0 Å². The predicted molar refractivity (Wildman–Crippen MR) is 119 cm³/mol. The number of imidazole rings is 2. The Hall–Kier alpha value is -2.65. The van der Waals surface area contributed by atoms with Crippen molar-refractivity contribution in [3.05, 3.63) is 71.3 Å². The van der Waals surface area contributed by atoms with E-state index in [1.165, 1.54) is 22.3 Å². The van der Waals surface area contributed by atoms with Crippen LogP contribution in [0.2, 0.25) is 0 Å². The van der Waals surface area contributed by atoms with Gasteiger partial charge in [0.1, 0.15) is 0 Å². The molecule has 0 amide bonds. The second kappa shape index (κ2) is 7.45. The molecule has 5 nitrogen and oxygen atoms in total. The smallest absolute Gasteiger partial charge is 0.497 e. The van der Waals surface area contributed by atoms with Gasteiger partial charge >= 0.3 is 21.1 Å². The van der Waals surface area contributed by atoms with Gasteiger partial charge in [-0.05, 0) is 26.7 Å². The molecule has 0 radical (unpaired) electrons. The van der Waals surface area contributed by atoms with Gasteiger partial charge in [-0.2, -0.15) is 0 Å². The van der Waals surface area contributed by atoms with Gasteiger partial charge in [-0.3, -0.25) is 9.97 Å². The van der Waals surface area contributed by atoms with Crippen molar-refractivity contribution >= 4 is 0 Å². The number of hydrogen-bond acceptors (Lipinski definition) is 3. The standard InChI is InChI=1S/C26H24N4O.Pt/c1-16-11-18(13-21-20(16)5-8-29-9-6-27-24(21)29)31-19-12-17(2)23-15-26(3,4)30-10-7-28-25(30)22(23)14-19;/h6-7,9-12H,5,8,15H2,1-4H3;/q-2;+2. The van der Waals surface area contributed by atoms with Gasteiger partial charge in [0, 0.05) is 48.4 Å². The van der Waals surface area contributed by atoms with Gasteiger partial charge in [0.2, 0.25) is 0 Å². The maximum atomic E-state index is 6.32. The van der Waals surface area contributed by atoms with Crippen molar-refractivity contribution in [3.8, 4) is 34.3 Å². The number of benzene rings is 2. The molecule has 0 aliphatic carbocycles. The predicted octanol–water partition coefficient (Wildman–Crippen LogP) is 5.27. The molecule has 4 heterocycles. The summed E-state index contributed by atoms with van der Waals surface area (Å²) in [5.74, 6) is 3.31. The zero-order valence-electron chi connectivity index (χ0n) is 18.6. The van der Waals surface area contributed by atoms with E-state index in [0.717, 1.165) is 42.2 Å². The van der Waals surface area contributed by atoms with E-state index >= 15 is 0 Å².